The van der Waals surface area contributed by atoms with Gasteiger partial charge in [0.1, 0.15) is 11.5 Å². The number of hydrogen-bond acceptors (Lipinski definition) is 6. The molecule has 1 N–H and O–H groups in total. The molecule has 2 aromatic heterocycles. The Kier molecular flexibility index (Phi) is 6.10. The molecule has 0 spiro atoms. The van der Waals surface area contributed by atoms with E-state index in [-0.39, 0.29) is 22.2 Å². The van der Waals surface area contributed by atoms with Crippen LogP contribution in [0.5, 0.6) is 17.2 Å². The van der Waals surface area contributed by atoms with Gasteiger partial charge in [0.05, 0.1) is 23.3 Å². The first-order valence-corrected chi connectivity index (χ1v) is 11.8. The number of anilines is 1. The minimum Gasteiger partial charge on any atom is -0.493 e. The number of benzene rings is 2. The molecule has 0 aliphatic heterocycles. The second kappa shape index (κ2) is 8.99. The third-order valence-electron chi connectivity index (χ3n) is 5.04. The molecule has 0 fully saturated rings. The van der Waals surface area contributed by atoms with E-state index in [2.05, 4.69) is 9.71 Å². The molecule has 2 heterocycles. The summed E-state index contributed by atoms with van der Waals surface area (Å²) in [5.41, 5.74) is 1.08. The highest BCUT2D eigenvalue weighted by Gasteiger charge is 2.21. The number of nitrogens with zero attached hydrogens (tertiary/aromatic N) is 3. The monoisotopic (exact) mass is 468 g/mol. The van der Waals surface area contributed by atoms with E-state index in [4.69, 9.17) is 9.47 Å². The molecule has 33 heavy (non-hydrogen) atoms. The van der Waals surface area contributed by atoms with E-state index >= 15 is 0 Å². The summed E-state index contributed by atoms with van der Waals surface area (Å²) in [6.07, 6.45) is 2.26. The lowest BCUT2D eigenvalue weighted by molar-refractivity contribution is 0.316. The Morgan fingerprint density at radius 1 is 0.970 bits per heavy atom. The van der Waals surface area contributed by atoms with Gasteiger partial charge in [-0.05, 0) is 36.8 Å². The number of aromatic nitrogens is 3. The normalized spacial score (nSPS) is 11.5. The van der Waals surface area contributed by atoms with Crippen molar-refractivity contribution in [3.63, 3.8) is 0 Å². The summed E-state index contributed by atoms with van der Waals surface area (Å²) in [7, 11) is -0.727. The number of pyridine rings is 1. The van der Waals surface area contributed by atoms with E-state index in [9.17, 15) is 13.2 Å². The van der Waals surface area contributed by atoms with E-state index in [1.807, 2.05) is 13.0 Å². The third-order valence-corrected chi connectivity index (χ3v) is 6.32. The number of nitrogens with one attached hydrogen (secondary N) is 1. The zero-order valence-electron chi connectivity index (χ0n) is 18.5. The van der Waals surface area contributed by atoms with Crippen molar-refractivity contribution in [1.29, 1.82) is 0 Å². The Bertz CT molecular complexity index is 1460. The summed E-state index contributed by atoms with van der Waals surface area (Å²) in [6.45, 7) is 2.58. The third kappa shape index (κ3) is 4.56. The Morgan fingerprint density at radius 3 is 2.39 bits per heavy atom. The minimum atomic E-state index is -3.99. The number of imidazole rings is 1. The minimum absolute atomic E-state index is 0.132. The van der Waals surface area contributed by atoms with E-state index in [1.54, 1.807) is 56.6 Å². The summed E-state index contributed by atoms with van der Waals surface area (Å²) in [6, 6.07) is 14.9. The largest absolute Gasteiger partial charge is 0.493 e. The highest BCUT2D eigenvalue weighted by molar-refractivity contribution is 7.92. The van der Waals surface area contributed by atoms with Crippen LogP contribution in [0.25, 0.3) is 11.0 Å². The number of fused-ring (bicyclic) bond motifs is 1. The average Bonchev–Trinajstić information content (AvgIpc) is 3.02. The molecule has 0 amide bonds. The molecule has 0 saturated carbocycles. The first-order chi connectivity index (χ1) is 15.8. The zero-order valence-corrected chi connectivity index (χ0v) is 19.3. The predicted octanol–water partition coefficient (Wildman–Crippen LogP) is 3.65. The van der Waals surface area contributed by atoms with E-state index in [1.165, 1.54) is 21.4 Å². The fraction of sp³-hybridized carbons (Fsp3) is 0.217. The Labute approximate surface area is 191 Å². The number of hydrogen-bond donors (Lipinski definition) is 1. The van der Waals surface area contributed by atoms with Crippen molar-refractivity contribution in [2.24, 2.45) is 14.1 Å². The Hall–Kier alpha value is -3.79. The van der Waals surface area contributed by atoms with Crippen molar-refractivity contribution in [2.45, 2.75) is 18.4 Å². The lowest BCUT2D eigenvalue weighted by atomic mass is 10.2. The quantitative estimate of drug-likeness (QED) is 0.423. The first-order valence-electron chi connectivity index (χ1n) is 10.3. The van der Waals surface area contributed by atoms with Crippen LogP contribution in [0.15, 0.2) is 70.6 Å². The van der Waals surface area contributed by atoms with E-state index in [0.717, 1.165) is 6.42 Å². The molecule has 0 saturated heterocycles. The summed E-state index contributed by atoms with van der Waals surface area (Å²) in [5.74, 6) is 1.33. The predicted molar refractivity (Wildman–Crippen MR) is 126 cm³/mol. The standard InChI is InChI=1S/C23H24N4O5S/c1-4-12-31-16-8-7-9-17(13-16)32-21-15-20-19(26(2)23(28)27(20)3)14-18(21)25-33(29,30)22-10-5-6-11-24-22/h5-11,13-15,25H,4,12H2,1-3H3. The van der Waals surface area contributed by atoms with Gasteiger partial charge in [-0.25, -0.2) is 9.78 Å². The van der Waals surface area contributed by atoms with Crippen LogP contribution < -0.4 is 19.9 Å². The van der Waals surface area contributed by atoms with E-state index in [0.29, 0.717) is 29.1 Å². The highest BCUT2D eigenvalue weighted by Crippen LogP contribution is 2.35. The summed E-state index contributed by atoms with van der Waals surface area (Å²) >= 11 is 0. The Morgan fingerprint density at radius 2 is 1.70 bits per heavy atom. The molecule has 0 radical (unpaired) electrons. The number of ether oxygens (including phenoxy) is 2. The number of sulfonamides is 1. The SMILES string of the molecule is CCCOc1cccc(Oc2cc3c(cc2NS(=O)(=O)c2ccccn2)n(C)c(=O)n3C)c1. The second-order valence-electron chi connectivity index (χ2n) is 7.44. The lowest BCUT2D eigenvalue weighted by Crippen LogP contribution is -2.19. The molecule has 0 bridgehead atoms. The molecule has 10 heteroatoms. The average molecular weight is 469 g/mol. The maximum absolute atomic E-state index is 12.9. The molecule has 2 aromatic carbocycles. The van der Waals surface area contributed by atoms with Crippen molar-refractivity contribution in [3.8, 4) is 17.2 Å². The van der Waals surface area contributed by atoms with Crippen LogP contribution in [0.2, 0.25) is 0 Å². The van der Waals surface area contributed by atoms with Gasteiger partial charge in [0, 0.05) is 32.4 Å². The van der Waals surface area contributed by atoms with Crippen LogP contribution in [0.4, 0.5) is 5.69 Å². The Balaban J connectivity index is 1.80. The van der Waals surface area contributed by atoms with Gasteiger partial charge >= 0.3 is 5.69 Å². The van der Waals surface area contributed by atoms with Crippen molar-refractivity contribution < 1.29 is 17.9 Å². The lowest BCUT2D eigenvalue weighted by Gasteiger charge is -2.15. The van der Waals surface area contributed by atoms with Gasteiger partial charge in [0.25, 0.3) is 10.0 Å². The van der Waals surface area contributed by atoms with Crippen LogP contribution in [-0.2, 0) is 24.1 Å². The first kappa shape index (κ1) is 22.4. The van der Waals surface area contributed by atoms with Gasteiger partial charge in [-0.3, -0.25) is 13.9 Å². The van der Waals surface area contributed by atoms with Crippen molar-refractivity contribution in [2.75, 3.05) is 11.3 Å². The molecule has 9 nitrogen and oxygen atoms in total. The van der Waals surface area contributed by atoms with Crippen molar-refractivity contribution in [1.82, 2.24) is 14.1 Å². The van der Waals surface area contributed by atoms with Gasteiger partial charge in [-0.2, -0.15) is 8.42 Å². The van der Waals surface area contributed by atoms with E-state index < -0.39 is 10.0 Å². The van der Waals surface area contributed by atoms with Crippen LogP contribution in [0, 0.1) is 0 Å². The van der Waals surface area contributed by atoms with Crippen molar-refractivity contribution >= 4 is 26.7 Å². The fourth-order valence-corrected chi connectivity index (χ4v) is 4.38. The van der Waals surface area contributed by atoms with Crippen LogP contribution in [-0.4, -0.2) is 29.1 Å². The van der Waals surface area contributed by atoms with Gasteiger partial charge in [-0.1, -0.05) is 19.1 Å². The molecular formula is C23H24N4O5S. The smallest absolute Gasteiger partial charge is 0.328 e. The second-order valence-corrected chi connectivity index (χ2v) is 9.07. The number of aryl methyl sites for hydroxylation is 2. The molecular weight excluding hydrogens is 444 g/mol. The maximum atomic E-state index is 12.9. The van der Waals surface area contributed by atoms with Gasteiger partial charge in [-0.15, -0.1) is 0 Å². The summed E-state index contributed by atoms with van der Waals surface area (Å²) in [5, 5.41) is -0.132. The molecule has 0 aliphatic carbocycles. The molecule has 4 aromatic rings. The van der Waals surface area contributed by atoms with Crippen LogP contribution in [0.1, 0.15) is 13.3 Å². The fourth-order valence-electron chi connectivity index (χ4n) is 3.37. The zero-order chi connectivity index (χ0) is 23.6. The topological polar surface area (TPSA) is 104 Å². The van der Waals surface area contributed by atoms with Crippen molar-refractivity contribution in [3.05, 3.63) is 71.3 Å². The summed E-state index contributed by atoms with van der Waals surface area (Å²) in [4.78, 5) is 16.4. The highest BCUT2D eigenvalue weighted by atomic mass is 32.2. The maximum Gasteiger partial charge on any atom is 0.328 e. The van der Waals surface area contributed by atoms with Crippen LogP contribution >= 0.6 is 0 Å². The van der Waals surface area contributed by atoms with Gasteiger partial charge in [0.15, 0.2) is 10.8 Å². The molecule has 4 rings (SSSR count). The number of rotatable bonds is 8. The summed E-state index contributed by atoms with van der Waals surface area (Å²) < 4.78 is 43.1. The van der Waals surface area contributed by atoms with Gasteiger partial charge < -0.3 is 9.47 Å². The molecule has 0 atom stereocenters. The van der Waals surface area contributed by atoms with Crippen LogP contribution in [0.3, 0.4) is 0 Å². The molecule has 0 unspecified atom stereocenters. The molecule has 0 aliphatic rings. The van der Waals surface area contributed by atoms with Gasteiger partial charge in [0.2, 0.25) is 0 Å². The molecule has 172 valence electrons.